The van der Waals surface area contributed by atoms with Crippen LogP contribution in [0.5, 0.6) is 5.75 Å². The zero-order valence-electron chi connectivity index (χ0n) is 9.78. The number of hydrogen-bond donors (Lipinski definition) is 0. The molecule has 0 unspecified atom stereocenters. The van der Waals surface area contributed by atoms with Gasteiger partial charge in [0.15, 0.2) is 9.84 Å². The highest BCUT2D eigenvalue weighted by Crippen LogP contribution is 2.34. The van der Waals surface area contributed by atoms with Gasteiger partial charge in [0, 0.05) is 6.26 Å². The molecule has 1 aromatic rings. The fourth-order valence-corrected chi connectivity index (χ4v) is 2.54. The van der Waals surface area contributed by atoms with Gasteiger partial charge in [0.1, 0.15) is 11.4 Å². The van der Waals surface area contributed by atoms with Crippen LogP contribution in [0.25, 0.3) is 0 Å². The van der Waals surface area contributed by atoms with E-state index in [9.17, 15) is 8.42 Å². The Hall–Kier alpha value is -1.03. The van der Waals surface area contributed by atoms with Crippen molar-refractivity contribution in [1.29, 1.82) is 0 Å². The van der Waals surface area contributed by atoms with Crippen LogP contribution in [0.3, 0.4) is 0 Å². The van der Waals surface area contributed by atoms with Crippen LogP contribution in [0.4, 0.5) is 0 Å². The molecule has 0 atom stereocenters. The molecule has 4 heteroatoms. The molecule has 0 radical (unpaired) electrons. The summed E-state index contributed by atoms with van der Waals surface area (Å²) >= 11 is 0. The first-order valence-electron chi connectivity index (χ1n) is 5.30. The Bertz CT molecular complexity index is 515. The number of rotatable bonds is 1. The van der Waals surface area contributed by atoms with Crippen molar-refractivity contribution < 1.29 is 13.2 Å². The minimum atomic E-state index is -3.12. The maximum Gasteiger partial charge on any atom is 0.175 e. The Kier molecular flexibility index (Phi) is 2.49. The van der Waals surface area contributed by atoms with Crippen molar-refractivity contribution in [3.05, 3.63) is 23.8 Å². The lowest BCUT2D eigenvalue weighted by atomic mass is 9.94. The van der Waals surface area contributed by atoms with Gasteiger partial charge in [0.05, 0.1) is 4.90 Å². The molecule has 16 heavy (non-hydrogen) atoms. The summed E-state index contributed by atoms with van der Waals surface area (Å²) in [5.41, 5.74) is 0.835. The van der Waals surface area contributed by atoms with Crippen molar-refractivity contribution in [3.63, 3.8) is 0 Å². The summed E-state index contributed by atoms with van der Waals surface area (Å²) in [4.78, 5) is 0.370. The summed E-state index contributed by atoms with van der Waals surface area (Å²) in [6.45, 7) is 4.08. The molecule has 1 aliphatic rings. The second-order valence-electron chi connectivity index (χ2n) is 4.90. The van der Waals surface area contributed by atoms with Crippen LogP contribution in [0.15, 0.2) is 23.1 Å². The highest BCUT2D eigenvalue weighted by Gasteiger charge is 2.27. The standard InChI is InChI=1S/C12H16O3S/c1-12(2)7-6-9-8-10(16(3,13)14)4-5-11(9)15-12/h4-5,8H,6-7H2,1-3H3. The van der Waals surface area contributed by atoms with Crippen LogP contribution in [0.2, 0.25) is 0 Å². The van der Waals surface area contributed by atoms with Gasteiger partial charge in [0.2, 0.25) is 0 Å². The number of hydrogen-bond acceptors (Lipinski definition) is 3. The Morgan fingerprint density at radius 1 is 1.31 bits per heavy atom. The minimum Gasteiger partial charge on any atom is -0.488 e. The van der Waals surface area contributed by atoms with E-state index in [0.29, 0.717) is 4.90 Å². The fourth-order valence-electron chi connectivity index (χ4n) is 1.87. The van der Waals surface area contributed by atoms with Gasteiger partial charge >= 0.3 is 0 Å². The molecular weight excluding hydrogens is 224 g/mol. The molecule has 0 aliphatic carbocycles. The van der Waals surface area contributed by atoms with E-state index in [-0.39, 0.29) is 5.60 Å². The maximum absolute atomic E-state index is 11.4. The number of benzene rings is 1. The lowest BCUT2D eigenvalue weighted by molar-refractivity contribution is 0.0845. The average Bonchev–Trinajstić information content (AvgIpc) is 2.14. The quantitative estimate of drug-likeness (QED) is 0.755. The summed E-state index contributed by atoms with van der Waals surface area (Å²) in [5.74, 6) is 0.809. The van der Waals surface area contributed by atoms with Crippen molar-refractivity contribution in [1.82, 2.24) is 0 Å². The summed E-state index contributed by atoms with van der Waals surface area (Å²) in [6, 6.07) is 5.09. The van der Waals surface area contributed by atoms with Crippen molar-refractivity contribution in [3.8, 4) is 5.75 Å². The van der Waals surface area contributed by atoms with Crippen molar-refractivity contribution in [2.24, 2.45) is 0 Å². The molecule has 1 heterocycles. The maximum atomic E-state index is 11.4. The molecule has 0 amide bonds. The molecule has 88 valence electrons. The number of ether oxygens (including phenoxy) is 1. The van der Waals surface area contributed by atoms with Gasteiger partial charge in [-0.05, 0) is 50.5 Å². The average molecular weight is 240 g/mol. The lowest BCUT2D eigenvalue weighted by Crippen LogP contribution is -2.32. The van der Waals surface area contributed by atoms with E-state index in [4.69, 9.17) is 4.74 Å². The minimum absolute atomic E-state index is 0.153. The molecule has 2 rings (SSSR count). The highest BCUT2D eigenvalue weighted by molar-refractivity contribution is 7.90. The van der Waals surface area contributed by atoms with Gasteiger partial charge in [-0.25, -0.2) is 8.42 Å². The van der Waals surface area contributed by atoms with Crippen LogP contribution in [-0.2, 0) is 16.3 Å². The van der Waals surface area contributed by atoms with E-state index < -0.39 is 9.84 Å². The molecule has 0 saturated heterocycles. The van der Waals surface area contributed by atoms with E-state index in [1.165, 1.54) is 6.26 Å². The predicted molar refractivity (Wildman–Crippen MR) is 62.6 cm³/mol. The van der Waals surface area contributed by atoms with E-state index in [1.54, 1.807) is 18.2 Å². The summed E-state index contributed by atoms with van der Waals surface area (Å²) in [7, 11) is -3.12. The zero-order chi connectivity index (χ0) is 12.0. The van der Waals surface area contributed by atoms with Gasteiger partial charge in [-0.2, -0.15) is 0 Å². The number of sulfone groups is 1. The first-order chi connectivity index (χ1) is 7.28. The Morgan fingerprint density at radius 2 is 2.00 bits per heavy atom. The third kappa shape index (κ3) is 2.21. The molecule has 1 aromatic carbocycles. The molecule has 0 bridgehead atoms. The monoisotopic (exact) mass is 240 g/mol. The smallest absolute Gasteiger partial charge is 0.175 e. The normalized spacial score (nSPS) is 18.7. The molecule has 0 spiro atoms. The summed E-state index contributed by atoms with van der Waals surface area (Å²) in [5, 5.41) is 0. The van der Waals surface area contributed by atoms with Crippen LogP contribution in [-0.4, -0.2) is 20.3 Å². The molecule has 0 N–H and O–H groups in total. The van der Waals surface area contributed by atoms with Gasteiger partial charge in [0.25, 0.3) is 0 Å². The molecule has 3 nitrogen and oxygen atoms in total. The summed E-state index contributed by atoms with van der Waals surface area (Å²) < 4.78 is 28.6. The van der Waals surface area contributed by atoms with Crippen molar-refractivity contribution in [2.75, 3.05) is 6.26 Å². The summed E-state index contributed by atoms with van der Waals surface area (Å²) in [6.07, 6.45) is 3.00. The predicted octanol–water partition coefficient (Wildman–Crippen LogP) is 2.19. The fraction of sp³-hybridized carbons (Fsp3) is 0.500. The van der Waals surface area contributed by atoms with Crippen LogP contribution in [0.1, 0.15) is 25.8 Å². The van der Waals surface area contributed by atoms with Crippen molar-refractivity contribution >= 4 is 9.84 Å². The largest absolute Gasteiger partial charge is 0.488 e. The molecule has 0 aromatic heterocycles. The third-order valence-corrected chi connectivity index (χ3v) is 3.95. The van der Waals surface area contributed by atoms with E-state index in [1.807, 2.05) is 13.8 Å². The van der Waals surface area contributed by atoms with Crippen LogP contribution < -0.4 is 4.74 Å². The Morgan fingerprint density at radius 3 is 2.62 bits per heavy atom. The van der Waals surface area contributed by atoms with Gasteiger partial charge < -0.3 is 4.74 Å². The molecule has 1 aliphatic heterocycles. The van der Waals surface area contributed by atoms with Crippen LogP contribution >= 0.6 is 0 Å². The third-order valence-electron chi connectivity index (χ3n) is 2.84. The first-order valence-corrected chi connectivity index (χ1v) is 7.19. The topological polar surface area (TPSA) is 43.4 Å². The second kappa shape index (κ2) is 3.48. The molecule has 0 saturated carbocycles. The van der Waals surface area contributed by atoms with Crippen LogP contribution in [0, 0.1) is 0 Å². The SMILES string of the molecule is CC1(C)CCc2cc(S(C)(=O)=O)ccc2O1. The van der Waals surface area contributed by atoms with Crippen molar-refractivity contribution in [2.45, 2.75) is 37.2 Å². The number of aryl methyl sites for hydroxylation is 1. The van der Waals surface area contributed by atoms with Gasteiger partial charge in [-0.15, -0.1) is 0 Å². The van der Waals surface area contributed by atoms with E-state index in [2.05, 4.69) is 0 Å². The van der Waals surface area contributed by atoms with E-state index >= 15 is 0 Å². The zero-order valence-corrected chi connectivity index (χ0v) is 10.6. The molecular formula is C12H16O3S. The molecule has 0 fully saturated rings. The lowest BCUT2D eigenvalue weighted by Gasteiger charge is -2.32. The number of fused-ring (bicyclic) bond motifs is 1. The second-order valence-corrected chi connectivity index (χ2v) is 6.92. The Balaban J connectivity index is 2.43. The Labute approximate surface area is 96.4 Å². The highest BCUT2D eigenvalue weighted by atomic mass is 32.2. The van der Waals surface area contributed by atoms with Gasteiger partial charge in [-0.3, -0.25) is 0 Å². The van der Waals surface area contributed by atoms with E-state index in [0.717, 1.165) is 24.2 Å². The van der Waals surface area contributed by atoms with Gasteiger partial charge in [-0.1, -0.05) is 0 Å². The first kappa shape index (κ1) is 11.5.